The van der Waals surface area contributed by atoms with Crippen LogP contribution in [0.5, 0.6) is 11.5 Å². The number of carbonyl (C=O) groups is 2. The van der Waals surface area contributed by atoms with Gasteiger partial charge in [0.1, 0.15) is 17.5 Å². The van der Waals surface area contributed by atoms with Crippen LogP contribution in [0.25, 0.3) is 0 Å². The predicted octanol–water partition coefficient (Wildman–Crippen LogP) is 4.82. The van der Waals surface area contributed by atoms with E-state index >= 15 is 0 Å². The zero-order chi connectivity index (χ0) is 22.8. The van der Waals surface area contributed by atoms with Crippen LogP contribution in [-0.2, 0) is 16.1 Å². The SMILES string of the molecule is CCCCNC(=O)[C@H](C)N(Cc1ccc(OC)cc1)C(=O)COc1ccc(Cl)cc1Br. The van der Waals surface area contributed by atoms with Crippen molar-refractivity contribution in [2.75, 3.05) is 20.3 Å². The van der Waals surface area contributed by atoms with E-state index in [-0.39, 0.29) is 25.0 Å². The largest absolute Gasteiger partial charge is 0.497 e. The third-order valence-electron chi connectivity index (χ3n) is 4.75. The molecule has 2 amide bonds. The highest BCUT2D eigenvalue weighted by atomic mass is 79.9. The highest BCUT2D eigenvalue weighted by Gasteiger charge is 2.26. The molecule has 0 aliphatic rings. The number of amides is 2. The van der Waals surface area contributed by atoms with Crippen molar-refractivity contribution in [3.8, 4) is 11.5 Å². The molecule has 0 unspecified atom stereocenters. The van der Waals surface area contributed by atoms with Crippen molar-refractivity contribution in [3.63, 3.8) is 0 Å². The summed E-state index contributed by atoms with van der Waals surface area (Å²) in [5.41, 5.74) is 0.884. The lowest BCUT2D eigenvalue weighted by Gasteiger charge is -2.29. The molecular weight excluding hydrogens is 484 g/mol. The number of nitrogens with one attached hydrogen (secondary N) is 1. The predicted molar refractivity (Wildman–Crippen MR) is 126 cm³/mol. The van der Waals surface area contributed by atoms with Gasteiger partial charge in [0, 0.05) is 18.1 Å². The summed E-state index contributed by atoms with van der Waals surface area (Å²) in [7, 11) is 1.60. The monoisotopic (exact) mass is 510 g/mol. The van der Waals surface area contributed by atoms with Crippen molar-refractivity contribution in [1.82, 2.24) is 10.2 Å². The Hall–Kier alpha value is -2.25. The highest BCUT2D eigenvalue weighted by molar-refractivity contribution is 9.10. The van der Waals surface area contributed by atoms with Crippen LogP contribution in [0.2, 0.25) is 5.02 Å². The summed E-state index contributed by atoms with van der Waals surface area (Å²) in [6, 6.07) is 11.8. The van der Waals surface area contributed by atoms with Gasteiger partial charge >= 0.3 is 0 Å². The molecule has 0 saturated heterocycles. The van der Waals surface area contributed by atoms with Gasteiger partial charge < -0.3 is 19.7 Å². The van der Waals surface area contributed by atoms with Gasteiger partial charge in [-0.3, -0.25) is 9.59 Å². The van der Waals surface area contributed by atoms with Crippen molar-refractivity contribution >= 4 is 39.3 Å². The summed E-state index contributed by atoms with van der Waals surface area (Å²) in [5, 5.41) is 3.46. The molecule has 8 heteroatoms. The van der Waals surface area contributed by atoms with Gasteiger partial charge in [-0.1, -0.05) is 37.1 Å². The Bertz CT molecular complexity index is 876. The molecule has 2 aromatic rings. The van der Waals surface area contributed by atoms with Gasteiger partial charge in [0.25, 0.3) is 5.91 Å². The van der Waals surface area contributed by atoms with Crippen LogP contribution in [0, 0.1) is 0 Å². The van der Waals surface area contributed by atoms with Crippen LogP contribution in [0.3, 0.4) is 0 Å². The van der Waals surface area contributed by atoms with Gasteiger partial charge in [-0.15, -0.1) is 0 Å². The van der Waals surface area contributed by atoms with Crippen molar-refractivity contribution in [3.05, 3.63) is 57.5 Å². The molecule has 0 radical (unpaired) electrons. The van der Waals surface area contributed by atoms with Gasteiger partial charge in [0.2, 0.25) is 5.91 Å². The molecule has 2 aromatic carbocycles. The number of carbonyl (C=O) groups excluding carboxylic acids is 2. The maximum absolute atomic E-state index is 13.1. The molecule has 2 rings (SSSR count). The first-order valence-corrected chi connectivity index (χ1v) is 11.3. The number of rotatable bonds is 11. The van der Waals surface area contributed by atoms with Crippen molar-refractivity contribution < 1.29 is 19.1 Å². The Morgan fingerprint density at radius 1 is 1.19 bits per heavy atom. The zero-order valence-electron chi connectivity index (χ0n) is 18.0. The first kappa shape index (κ1) is 25.0. The second-order valence-corrected chi connectivity index (χ2v) is 8.34. The van der Waals surface area contributed by atoms with E-state index in [0.717, 1.165) is 24.2 Å². The van der Waals surface area contributed by atoms with Crippen molar-refractivity contribution in [2.24, 2.45) is 0 Å². The summed E-state index contributed by atoms with van der Waals surface area (Å²) in [4.78, 5) is 27.2. The minimum Gasteiger partial charge on any atom is -0.497 e. The van der Waals surface area contributed by atoms with Crippen molar-refractivity contribution in [2.45, 2.75) is 39.3 Å². The number of hydrogen-bond donors (Lipinski definition) is 1. The number of benzene rings is 2. The lowest BCUT2D eigenvalue weighted by atomic mass is 10.1. The second-order valence-electron chi connectivity index (χ2n) is 7.05. The van der Waals surface area contributed by atoms with Crippen LogP contribution in [0.1, 0.15) is 32.3 Å². The Labute approximate surface area is 197 Å². The zero-order valence-corrected chi connectivity index (χ0v) is 20.3. The minimum atomic E-state index is -0.649. The fraction of sp³-hybridized carbons (Fsp3) is 0.391. The van der Waals surface area contributed by atoms with Crippen LogP contribution >= 0.6 is 27.5 Å². The first-order chi connectivity index (χ1) is 14.8. The standard InChI is InChI=1S/C23H28BrClN2O4/c1-4-5-12-26-23(29)16(2)27(14-17-6-9-19(30-3)10-7-17)22(28)15-31-21-11-8-18(25)13-20(21)24/h6-11,13,16H,4-5,12,14-15H2,1-3H3,(H,26,29)/t16-/m0/s1. The fourth-order valence-corrected chi connectivity index (χ4v) is 3.66. The molecule has 1 N–H and O–H groups in total. The van der Waals surface area contributed by atoms with E-state index in [0.29, 0.717) is 21.8 Å². The van der Waals surface area contributed by atoms with Gasteiger partial charge in [-0.25, -0.2) is 0 Å². The molecule has 0 saturated carbocycles. The first-order valence-electron chi connectivity index (χ1n) is 10.1. The van der Waals surface area contributed by atoms with Crippen LogP contribution < -0.4 is 14.8 Å². The van der Waals surface area contributed by atoms with E-state index in [4.69, 9.17) is 21.1 Å². The third kappa shape index (κ3) is 7.74. The number of unbranched alkanes of at least 4 members (excludes halogenated alkanes) is 1. The fourth-order valence-electron chi connectivity index (χ4n) is 2.86. The summed E-state index contributed by atoms with van der Waals surface area (Å²) in [6.07, 6.45) is 1.87. The Morgan fingerprint density at radius 2 is 1.90 bits per heavy atom. The van der Waals surface area contributed by atoms with E-state index < -0.39 is 6.04 Å². The Morgan fingerprint density at radius 3 is 2.52 bits per heavy atom. The summed E-state index contributed by atoms with van der Waals surface area (Å²) < 4.78 is 11.5. The van der Waals surface area contributed by atoms with Gasteiger partial charge in [-0.05, 0) is 65.2 Å². The smallest absolute Gasteiger partial charge is 0.261 e. The minimum absolute atomic E-state index is 0.192. The quantitative estimate of drug-likeness (QED) is 0.439. The second kappa shape index (κ2) is 12.6. The lowest BCUT2D eigenvalue weighted by Crippen LogP contribution is -2.49. The van der Waals surface area contributed by atoms with Gasteiger partial charge in [0.15, 0.2) is 6.61 Å². The summed E-state index contributed by atoms with van der Waals surface area (Å²) in [5.74, 6) is 0.740. The maximum atomic E-state index is 13.1. The average molecular weight is 512 g/mol. The molecule has 0 fully saturated rings. The van der Waals surface area contributed by atoms with E-state index in [9.17, 15) is 9.59 Å². The molecule has 0 aliphatic carbocycles. The van der Waals surface area contributed by atoms with Crippen LogP contribution in [0.4, 0.5) is 0 Å². The summed E-state index contributed by atoms with van der Waals surface area (Å²) >= 11 is 9.34. The number of nitrogens with zero attached hydrogens (tertiary/aromatic N) is 1. The normalized spacial score (nSPS) is 11.5. The number of ether oxygens (including phenoxy) is 2. The molecule has 0 aliphatic heterocycles. The third-order valence-corrected chi connectivity index (χ3v) is 5.61. The molecule has 0 heterocycles. The number of halogens is 2. The number of methoxy groups -OCH3 is 1. The van der Waals surface area contributed by atoms with Crippen LogP contribution in [-0.4, -0.2) is 43.0 Å². The van der Waals surface area contributed by atoms with E-state index in [1.165, 1.54) is 4.90 Å². The Balaban J connectivity index is 2.13. The molecule has 0 aromatic heterocycles. The Kier molecular flexibility index (Phi) is 10.1. The van der Waals surface area contributed by atoms with E-state index in [2.05, 4.69) is 28.2 Å². The lowest BCUT2D eigenvalue weighted by molar-refractivity contribution is -0.142. The van der Waals surface area contributed by atoms with E-state index in [1.54, 1.807) is 32.2 Å². The maximum Gasteiger partial charge on any atom is 0.261 e. The molecular formula is C23H28BrClN2O4. The molecule has 6 nitrogen and oxygen atoms in total. The molecule has 0 bridgehead atoms. The van der Waals surface area contributed by atoms with Gasteiger partial charge in [-0.2, -0.15) is 0 Å². The van der Waals surface area contributed by atoms with Crippen molar-refractivity contribution in [1.29, 1.82) is 0 Å². The summed E-state index contributed by atoms with van der Waals surface area (Å²) in [6.45, 7) is 4.43. The molecule has 0 spiro atoms. The number of hydrogen-bond acceptors (Lipinski definition) is 4. The highest BCUT2D eigenvalue weighted by Crippen LogP contribution is 2.28. The molecule has 168 valence electrons. The topological polar surface area (TPSA) is 67.9 Å². The molecule has 1 atom stereocenters. The average Bonchev–Trinajstić information content (AvgIpc) is 2.76. The van der Waals surface area contributed by atoms with E-state index in [1.807, 2.05) is 24.3 Å². The van der Waals surface area contributed by atoms with Gasteiger partial charge in [0.05, 0.1) is 11.6 Å². The molecule has 31 heavy (non-hydrogen) atoms. The van der Waals surface area contributed by atoms with Crippen LogP contribution in [0.15, 0.2) is 46.9 Å².